The van der Waals surface area contributed by atoms with Gasteiger partial charge in [0.15, 0.2) is 0 Å². The van der Waals surface area contributed by atoms with E-state index in [-0.39, 0.29) is 37.4 Å². The summed E-state index contributed by atoms with van der Waals surface area (Å²) < 4.78 is 0. The summed E-state index contributed by atoms with van der Waals surface area (Å²) in [6, 6.07) is -0.177. The first kappa shape index (κ1) is 19.3. The SMILES string of the molecule is CCN(CC)C(=O)CCNC(=O)NCC(=O)NC1CCCCC1. The number of urea groups is 1. The van der Waals surface area contributed by atoms with Crippen LogP contribution in [0.4, 0.5) is 4.79 Å². The van der Waals surface area contributed by atoms with E-state index in [4.69, 9.17) is 0 Å². The highest BCUT2D eigenvalue weighted by molar-refractivity contribution is 5.84. The first-order chi connectivity index (χ1) is 11.1. The third-order valence-electron chi connectivity index (χ3n) is 4.12. The third kappa shape index (κ3) is 7.85. The van der Waals surface area contributed by atoms with Crippen LogP contribution in [0.3, 0.4) is 0 Å². The molecule has 1 rings (SSSR count). The summed E-state index contributed by atoms with van der Waals surface area (Å²) >= 11 is 0. The Morgan fingerprint density at radius 3 is 2.26 bits per heavy atom. The Balaban J connectivity index is 2.11. The van der Waals surface area contributed by atoms with E-state index in [1.54, 1.807) is 4.90 Å². The molecular weight excluding hydrogens is 296 g/mol. The molecule has 132 valence electrons. The zero-order chi connectivity index (χ0) is 17.1. The molecule has 0 aromatic carbocycles. The molecule has 7 nitrogen and oxygen atoms in total. The highest BCUT2D eigenvalue weighted by atomic mass is 16.2. The van der Waals surface area contributed by atoms with Crippen LogP contribution in [-0.4, -0.2) is 55.0 Å². The molecule has 7 heteroatoms. The quantitative estimate of drug-likeness (QED) is 0.621. The van der Waals surface area contributed by atoms with Gasteiger partial charge in [-0.1, -0.05) is 19.3 Å². The number of hydrogen-bond donors (Lipinski definition) is 3. The maximum Gasteiger partial charge on any atom is 0.315 e. The van der Waals surface area contributed by atoms with Gasteiger partial charge < -0.3 is 20.9 Å². The second-order valence-electron chi connectivity index (χ2n) is 5.83. The Hall–Kier alpha value is -1.79. The molecule has 0 atom stereocenters. The molecule has 0 bridgehead atoms. The topological polar surface area (TPSA) is 90.5 Å². The van der Waals surface area contributed by atoms with Crippen molar-refractivity contribution in [2.75, 3.05) is 26.2 Å². The van der Waals surface area contributed by atoms with E-state index < -0.39 is 6.03 Å². The maximum atomic E-state index is 11.8. The number of carbonyl (C=O) groups excluding carboxylic acids is 3. The lowest BCUT2D eigenvalue weighted by atomic mass is 9.95. The number of nitrogens with one attached hydrogen (secondary N) is 3. The molecule has 0 heterocycles. The van der Waals surface area contributed by atoms with E-state index in [2.05, 4.69) is 16.0 Å². The van der Waals surface area contributed by atoms with Crippen LogP contribution in [0.1, 0.15) is 52.4 Å². The Labute approximate surface area is 138 Å². The minimum Gasteiger partial charge on any atom is -0.352 e. The van der Waals surface area contributed by atoms with Crippen molar-refractivity contribution >= 4 is 17.8 Å². The van der Waals surface area contributed by atoms with E-state index in [1.807, 2.05) is 13.8 Å². The Morgan fingerprint density at radius 1 is 1.00 bits per heavy atom. The zero-order valence-electron chi connectivity index (χ0n) is 14.3. The fourth-order valence-corrected chi connectivity index (χ4v) is 2.77. The van der Waals surface area contributed by atoms with Crippen molar-refractivity contribution in [2.45, 2.75) is 58.4 Å². The smallest absolute Gasteiger partial charge is 0.315 e. The lowest BCUT2D eigenvalue weighted by molar-refractivity contribution is -0.130. The van der Waals surface area contributed by atoms with Crippen molar-refractivity contribution in [2.24, 2.45) is 0 Å². The molecule has 0 aromatic heterocycles. The average Bonchev–Trinajstić information content (AvgIpc) is 2.55. The summed E-state index contributed by atoms with van der Waals surface area (Å²) in [6.45, 7) is 5.42. The standard InChI is InChI=1S/C16H30N4O3/c1-3-20(4-2)15(22)10-11-17-16(23)18-12-14(21)19-13-8-6-5-7-9-13/h13H,3-12H2,1-2H3,(H,19,21)(H2,17,18,23). The van der Waals surface area contributed by atoms with E-state index in [1.165, 1.54) is 6.42 Å². The molecule has 1 fully saturated rings. The van der Waals surface area contributed by atoms with Gasteiger partial charge in [0.05, 0.1) is 6.54 Å². The van der Waals surface area contributed by atoms with Gasteiger partial charge in [-0.25, -0.2) is 4.79 Å². The van der Waals surface area contributed by atoms with Crippen LogP contribution in [0, 0.1) is 0 Å². The Morgan fingerprint density at radius 2 is 1.65 bits per heavy atom. The van der Waals surface area contributed by atoms with Crippen molar-refractivity contribution in [3.05, 3.63) is 0 Å². The number of hydrogen-bond acceptors (Lipinski definition) is 3. The number of nitrogens with zero attached hydrogens (tertiary/aromatic N) is 1. The van der Waals surface area contributed by atoms with Crippen LogP contribution >= 0.6 is 0 Å². The molecule has 0 saturated heterocycles. The van der Waals surface area contributed by atoms with Gasteiger partial charge in [0, 0.05) is 32.1 Å². The number of carbonyl (C=O) groups is 3. The van der Waals surface area contributed by atoms with Gasteiger partial charge in [0.2, 0.25) is 11.8 Å². The number of amides is 4. The first-order valence-electron chi connectivity index (χ1n) is 8.65. The summed E-state index contributed by atoms with van der Waals surface area (Å²) in [4.78, 5) is 36.8. The molecule has 0 aliphatic heterocycles. The van der Waals surface area contributed by atoms with E-state index >= 15 is 0 Å². The lowest BCUT2D eigenvalue weighted by Gasteiger charge is -2.22. The van der Waals surface area contributed by atoms with Gasteiger partial charge in [-0.05, 0) is 26.7 Å². The van der Waals surface area contributed by atoms with Gasteiger partial charge in [0.25, 0.3) is 0 Å². The second-order valence-corrected chi connectivity index (χ2v) is 5.83. The predicted molar refractivity (Wildman–Crippen MR) is 89.0 cm³/mol. The van der Waals surface area contributed by atoms with Gasteiger partial charge in [-0.15, -0.1) is 0 Å². The molecule has 4 amide bonds. The summed E-state index contributed by atoms with van der Waals surface area (Å²) in [5.74, 6) is -0.142. The van der Waals surface area contributed by atoms with Crippen molar-refractivity contribution in [1.29, 1.82) is 0 Å². The van der Waals surface area contributed by atoms with Crippen molar-refractivity contribution in [1.82, 2.24) is 20.9 Å². The molecule has 1 aliphatic rings. The molecule has 3 N–H and O–H groups in total. The van der Waals surface area contributed by atoms with Crippen LogP contribution in [0.5, 0.6) is 0 Å². The molecular formula is C16H30N4O3. The van der Waals surface area contributed by atoms with Crippen LogP contribution in [0.25, 0.3) is 0 Å². The molecule has 0 unspecified atom stereocenters. The zero-order valence-corrected chi connectivity index (χ0v) is 14.3. The minimum absolute atomic E-state index is 0.0188. The van der Waals surface area contributed by atoms with Crippen LogP contribution in [-0.2, 0) is 9.59 Å². The second kappa shape index (κ2) is 10.9. The summed E-state index contributed by atoms with van der Waals surface area (Å²) in [5, 5.41) is 8.05. The normalized spacial score (nSPS) is 14.9. The average molecular weight is 326 g/mol. The molecule has 1 aliphatic carbocycles. The van der Waals surface area contributed by atoms with Gasteiger partial charge >= 0.3 is 6.03 Å². The third-order valence-corrected chi connectivity index (χ3v) is 4.12. The van der Waals surface area contributed by atoms with Crippen LogP contribution in [0.2, 0.25) is 0 Å². The van der Waals surface area contributed by atoms with Crippen LogP contribution in [0.15, 0.2) is 0 Å². The van der Waals surface area contributed by atoms with E-state index in [9.17, 15) is 14.4 Å². The maximum absolute atomic E-state index is 11.8. The molecule has 0 radical (unpaired) electrons. The summed E-state index contributed by atoms with van der Waals surface area (Å²) in [5.41, 5.74) is 0. The van der Waals surface area contributed by atoms with Crippen LogP contribution < -0.4 is 16.0 Å². The molecule has 0 spiro atoms. The molecule has 23 heavy (non-hydrogen) atoms. The highest BCUT2D eigenvalue weighted by Gasteiger charge is 2.16. The van der Waals surface area contributed by atoms with E-state index in [0.717, 1.165) is 25.7 Å². The monoisotopic (exact) mass is 326 g/mol. The van der Waals surface area contributed by atoms with Gasteiger partial charge in [-0.3, -0.25) is 9.59 Å². The van der Waals surface area contributed by atoms with Crippen molar-refractivity contribution < 1.29 is 14.4 Å². The highest BCUT2D eigenvalue weighted by Crippen LogP contribution is 2.16. The molecule has 0 aromatic rings. The van der Waals surface area contributed by atoms with Crippen molar-refractivity contribution in [3.63, 3.8) is 0 Å². The Kier molecular flexibility index (Phi) is 9.09. The van der Waals surface area contributed by atoms with Gasteiger partial charge in [-0.2, -0.15) is 0 Å². The van der Waals surface area contributed by atoms with Crippen molar-refractivity contribution in [3.8, 4) is 0 Å². The summed E-state index contributed by atoms with van der Waals surface area (Å²) in [7, 11) is 0. The summed E-state index contributed by atoms with van der Waals surface area (Å²) in [6.07, 6.45) is 5.85. The van der Waals surface area contributed by atoms with Gasteiger partial charge in [0.1, 0.15) is 0 Å². The fourth-order valence-electron chi connectivity index (χ4n) is 2.77. The predicted octanol–water partition coefficient (Wildman–Crippen LogP) is 0.993. The minimum atomic E-state index is -0.420. The lowest BCUT2D eigenvalue weighted by Crippen LogP contribution is -2.45. The fraction of sp³-hybridized carbons (Fsp3) is 0.812. The molecule has 1 saturated carbocycles. The largest absolute Gasteiger partial charge is 0.352 e. The first-order valence-corrected chi connectivity index (χ1v) is 8.65. The Bertz CT molecular complexity index is 391. The number of rotatable bonds is 8. The van der Waals surface area contributed by atoms with E-state index in [0.29, 0.717) is 13.1 Å².